The van der Waals surface area contributed by atoms with Gasteiger partial charge in [-0.25, -0.2) is 0 Å². The van der Waals surface area contributed by atoms with Gasteiger partial charge in [-0.05, 0) is 45.7 Å². The van der Waals surface area contributed by atoms with Crippen molar-refractivity contribution in [2.75, 3.05) is 13.6 Å². The van der Waals surface area contributed by atoms with Crippen molar-refractivity contribution in [3.05, 3.63) is 0 Å². The smallest absolute Gasteiger partial charge is 0.120 e. The minimum atomic E-state index is 0.296. The minimum Gasteiger partial charge on any atom is -0.304 e. The standard InChI is InChI=1S/C12H25NO.C2H6/c1-11(2)13(5)9-8-12(3,4)7-6-10-14;1-2/h10-11H,6-9H2,1-5H3;1-2H3. The van der Waals surface area contributed by atoms with Crippen LogP contribution in [0.4, 0.5) is 0 Å². The SMILES string of the molecule is CC.CC(C)N(C)CCC(C)(C)CCC=O. The number of rotatable bonds is 7. The van der Waals surface area contributed by atoms with Crippen LogP contribution in [0.25, 0.3) is 0 Å². The van der Waals surface area contributed by atoms with Crippen molar-refractivity contribution in [1.82, 2.24) is 4.90 Å². The topological polar surface area (TPSA) is 20.3 Å². The normalized spacial score (nSPS) is 11.3. The van der Waals surface area contributed by atoms with Crippen molar-refractivity contribution >= 4 is 6.29 Å². The van der Waals surface area contributed by atoms with Crippen LogP contribution in [0.2, 0.25) is 0 Å². The zero-order valence-electron chi connectivity index (χ0n) is 12.3. The van der Waals surface area contributed by atoms with E-state index in [2.05, 4.69) is 39.6 Å². The van der Waals surface area contributed by atoms with Gasteiger partial charge >= 0.3 is 0 Å². The van der Waals surface area contributed by atoms with Gasteiger partial charge in [-0.2, -0.15) is 0 Å². The van der Waals surface area contributed by atoms with Gasteiger partial charge in [0.15, 0.2) is 0 Å². The van der Waals surface area contributed by atoms with E-state index in [1.807, 2.05) is 13.8 Å². The molecule has 0 aromatic heterocycles. The lowest BCUT2D eigenvalue weighted by Gasteiger charge is -2.28. The molecule has 0 spiro atoms. The quantitative estimate of drug-likeness (QED) is 0.620. The second-order valence-corrected chi connectivity index (χ2v) is 5.19. The maximum atomic E-state index is 10.3. The van der Waals surface area contributed by atoms with E-state index in [1.54, 1.807) is 0 Å². The van der Waals surface area contributed by atoms with Crippen LogP contribution in [0.1, 0.15) is 60.8 Å². The maximum Gasteiger partial charge on any atom is 0.120 e. The first-order chi connectivity index (χ1) is 7.39. The Labute approximate surface area is 102 Å². The van der Waals surface area contributed by atoms with E-state index in [-0.39, 0.29) is 0 Å². The van der Waals surface area contributed by atoms with E-state index in [0.717, 1.165) is 25.7 Å². The molecule has 0 unspecified atom stereocenters. The molecule has 0 aromatic carbocycles. The third kappa shape index (κ3) is 10.2. The molecule has 0 radical (unpaired) electrons. The number of carbonyl (C=O) groups excluding carboxylic acids is 1. The summed E-state index contributed by atoms with van der Waals surface area (Å²) >= 11 is 0. The Kier molecular flexibility index (Phi) is 11.1. The highest BCUT2D eigenvalue weighted by molar-refractivity contribution is 5.49. The van der Waals surface area contributed by atoms with Gasteiger partial charge in [0.05, 0.1) is 0 Å². The molecule has 0 heterocycles. The van der Waals surface area contributed by atoms with Crippen LogP contribution in [-0.4, -0.2) is 30.8 Å². The highest BCUT2D eigenvalue weighted by Gasteiger charge is 2.18. The van der Waals surface area contributed by atoms with Crippen molar-refractivity contribution < 1.29 is 4.79 Å². The molecule has 0 atom stereocenters. The summed E-state index contributed by atoms with van der Waals surface area (Å²) < 4.78 is 0. The molecule has 0 rings (SSSR count). The van der Waals surface area contributed by atoms with Gasteiger partial charge in [-0.3, -0.25) is 0 Å². The molecule has 98 valence electrons. The van der Waals surface area contributed by atoms with Gasteiger partial charge in [-0.1, -0.05) is 27.7 Å². The lowest BCUT2D eigenvalue weighted by Crippen LogP contribution is -2.30. The van der Waals surface area contributed by atoms with Crippen molar-refractivity contribution in [1.29, 1.82) is 0 Å². The first-order valence-corrected chi connectivity index (χ1v) is 6.53. The summed E-state index contributed by atoms with van der Waals surface area (Å²) in [6, 6.07) is 0.608. The zero-order valence-corrected chi connectivity index (χ0v) is 12.3. The molecule has 0 saturated heterocycles. The first kappa shape index (κ1) is 18.0. The van der Waals surface area contributed by atoms with Crippen LogP contribution < -0.4 is 0 Å². The van der Waals surface area contributed by atoms with E-state index in [0.29, 0.717) is 17.9 Å². The third-order valence-electron chi connectivity index (χ3n) is 2.96. The van der Waals surface area contributed by atoms with Crippen LogP contribution in [0, 0.1) is 5.41 Å². The number of hydrogen-bond donors (Lipinski definition) is 0. The van der Waals surface area contributed by atoms with Gasteiger partial charge in [0.2, 0.25) is 0 Å². The zero-order chi connectivity index (χ0) is 13.2. The molecular formula is C14H31NO. The molecule has 0 saturated carbocycles. The average Bonchev–Trinajstić information content (AvgIpc) is 2.26. The summed E-state index contributed by atoms with van der Waals surface area (Å²) in [6.07, 6.45) is 3.88. The molecule has 0 aliphatic carbocycles. The molecular weight excluding hydrogens is 198 g/mol. The van der Waals surface area contributed by atoms with Crippen LogP contribution in [-0.2, 0) is 4.79 Å². The minimum absolute atomic E-state index is 0.296. The van der Waals surface area contributed by atoms with E-state index in [1.165, 1.54) is 0 Å². The van der Waals surface area contributed by atoms with Crippen molar-refractivity contribution in [2.24, 2.45) is 5.41 Å². The van der Waals surface area contributed by atoms with Crippen molar-refractivity contribution in [3.8, 4) is 0 Å². The number of nitrogens with zero attached hydrogens (tertiary/aromatic N) is 1. The van der Waals surface area contributed by atoms with E-state index < -0.39 is 0 Å². The van der Waals surface area contributed by atoms with Gasteiger partial charge in [0.25, 0.3) is 0 Å². The molecule has 0 fully saturated rings. The number of aldehydes is 1. The largest absolute Gasteiger partial charge is 0.304 e. The van der Waals surface area contributed by atoms with Gasteiger partial charge in [0, 0.05) is 12.5 Å². The lowest BCUT2D eigenvalue weighted by molar-refractivity contribution is -0.108. The van der Waals surface area contributed by atoms with Crippen LogP contribution in [0.15, 0.2) is 0 Å². The fraction of sp³-hybridized carbons (Fsp3) is 0.929. The molecule has 16 heavy (non-hydrogen) atoms. The van der Waals surface area contributed by atoms with E-state index in [9.17, 15) is 4.79 Å². The average molecular weight is 229 g/mol. The Balaban J connectivity index is 0. The molecule has 0 bridgehead atoms. The van der Waals surface area contributed by atoms with Crippen LogP contribution >= 0.6 is 0 Å². The summed E-state index contributed by atoms with van der Waals surface area (Å²) in [5.41, 5.74) is 0.296. The molecule has 0 aliphatic rings. The molecule has 2 nitrogen and oxygen atoms in total. The van der Waals surface area contributed by atoms with E-state index in [4.69, 9.17) is 0 Å². The second-order valence-electron chi connectivity index (χ2n) is 5.19. The first-order valence-electron chi connectivity index (χ1n) is 6.53. The highest BCUT2D eigenvalue weighted by atomic mass is 16.1. The maximum absolute atomic E-state index is 10.3. The number of hydrogen-bond acceptors (Lipinski definition) is 2. The van der Waals surface area contributed by atoms with Crippen molar-refractivity contribution in [3.63, 3.8) is 0 Å². The van der Waals surface area contributed by atoms with Gasteiger partial charge in [0.1, 0.15) is 6.29 Å². The van der Waals surface area contributed by atoms with E-state index >= 15 is 0 Å². The Hall–Kier alpha value is -0.370. The second kappa shape index (κ2) is 9.83. The summed E-state index contributed by atoms with van der Waals surface area (Å²) in [5.74, 6) is 0. The molecule has 0 amide bonds. The summed E-state index contributed by atoms with van der Waals surface area (Å²) in [7, 11) is 2.15. The Morgan fingerprint density at radius 1 is 1.19 bits per heavy atom. The molecule has 2 heteroatoms. The Morgan fingerprint density at radius 3 is 2.06 bits per heavy atom. The predicted molar refractivity (Wildman–Crippen MR) is 72.8 cm³/mol. The third-order valence-corrected chi connectivity index (χ3v) is 2.96. The highest BCUT2D eigenvalue weighted by Crippen LogP contribution is 2.26. The Bertz CT molecular complexity index is 164. The summed E-state index contributed by atoms with van der Waals surface area (Å²) in [6.45, 7) is 14.0. The summed E-state index contributed by atoms with van der Waals surface area (Å²) in [4.78, 5) is 12.6. The van der Waals surface area contributed by atoms with Crippen LogP contribution in [0.5, 0.6) is 0 Å². The monoisotopic (exact) mass is 229 g/mol. The van der Waals surface area contributed by atoms with Crippen LogP contribution in [0.3, 0.4) is 0 Å². The number of carbonyl (C=O) groups is 1. The molecule has 0 aromatic rings. The van der Waals surface area contributed by atoms with Crippen molar-refractivity contribution in [2.45, 2.75) is 66.8 Å². The predicted octanol–water partition coefficient (Wildman–Crippen LogP) is 3.75. The summed E-state index contributed by atoms with van der Waals surface area (Å²) in [5, 5.41) is 0. The van der Waals surface area contributed by atoms with Gasteiger partial charge in [-0.15, -0.1) is 0 Å². The Morgan fingerprint density at radius 2 is 1.69 bits per heavy atom. The fourth-order valence-electron chi connectivity index (χ4n) is 1.31. The lowest BCUT2D eigenvalue weighted by atomic mass is 9.84. The molecule has 0 aliphatic heterocycles. The molecule has 0 N–H and O–H groups in total. The van der Waals surface area contributed by atoms with Gasteiger partial charge < -0.3 is 9.69 Å². The fourth-order valence-corrected chi connectivity index (χ4v) is 1.31.